The van der Waals surface area contributed by atoms with Crippen LogP contribution in [-0.2, 0) is 0 Å². The van der Waals surface area contributed by atoms with E-state index < -0.39 is 0 Å². The van der Waals surface area contributed by atoms with Gasteiger partial charge in [0.25, 0.3) is 5.91 Å². The summed E-state index contributed by atoms with van der Waals surface area (Å²) in [5.41, 5.74) is 4.58. The molecule has 0 bridgehead atoms. The van der Waals surface area contributed by atoms with Crippen molar-refractivity contribution in [3.05, 3.63) is 77.9 Å². The lowest BCUT2D eigenvalue weighted by Crippen LogP contribution is -2.36. The molecule has 2 aromatic heterocycles. The molecular weight excluding hydrogens is 403 g/mol. The third-order valence-electron chi connectivity index (χ3n) is 6.26. The van der Waals surface area contributed by atoms with Gasteiger partial charge in [-0.2, -0.15) is 5.10 Å². The number of aromatic nitrogens is 3. The number of amides is 1. The Kier molecular flexibility index (Phi) is 5.43. The molecule has 2 aromatic carbocycles. The highest BCUT2D eigenvalue weighted by atomic mass is 19.1. The fraction of sp³-hybridized carbons (Fsp3) is 0.269. The zero-order valence-electron chi connectivity index (χ0n) is 18.0. The first-order valence-corrected chi connectivity index (χ1v) is 11.1. The first kappa shape index (κ1) is 20.4. The molecule has 162 valence electrons. The molecule has 4 aromatic rings. The van der Waals surface area contributed by atoms with Crippen LogP contribution in [0.1, 0.15) is 48.2 Å². The summed E-state index contributed by atoms with van der Waals surface area (Å²) in [5.74, 6) is -0.344. The Bertz CT molecular complexity index is 1270. The normalized spacial score (nSPS) is 14.6. The highest BCUT2D eigenvalue weighted by Crippen LogP contribution is 2.28. The van der Waals surface area contributed by atoms with Crippen LogP contribution in [0.15, 0.2) is 60.8 Å². The van der Waals surface area contributed by atoms with Crippen LogP contribution in [0.3, 0.4) is 0 Å². The first-order valence-electron chi connectivity index (χ1n) is 11.1. The second kappa shape index (κ2) is 8.54. The number of nitrogens with one attached hydrogen (secondary N) is 1. The van der Waals surface area contributed by atoms with Crippen molar-refractivity contribution in [1.29, 1.82) is 0 Å². The van der Waals surface area contributed by atoms with Gasteiger partial charge in [-0.05, 0) is 56.2 Å². The summed E-state index contributed by atoms with van der Waals surface area (Å²) in [4.78, 5) is 18.1. The minimum atomic E-state index is -0.288. The molecule has 1 aliphatic carbocycles. The Hall–Kier alpha value is -3.54. The van der Waals surface area contributed by atoms with E-state index in [1.807, 2.05) is 37.3 Å². The van der Waals surface area contributed by atoms with Crippen molar-refractivity contribution in [3.63, 3.8) is 0 Å². The summed E-state index contributed by atoms with van der Waals surface area (Å²) >= 11 is 0. The molecule has 2 heterocycles. The number of carbonyl (C=O) groups is 1. The van der Waals surface area contributed by atoms with E-state index in [1.165, 1.54) is 18.6 Å². The lowest BCUT2D eigenvalue weighted by atomic mass is 9.95. The Labute approximate surface area is 186 Å². The van der Waals surface area contributed by atoms with Crippen LogP contribution in [0.5, 0.6) is 0 Å². The molecule has 1 fully saturated rings. The fourth-order valence-corrected chi connectivity index (χ4v) is 4.51. The maximum absolute atomic E-state index is 13.3. The molecular formula is C26H25FN4O. The Morgan fingerprint density at radius 1 is 1.06 bits per heavy atom. The van der Waals surface area contributed by atoms with Crippen molar-refractivity contribution in [1.82, 2.24) is 20.1 Å². The molecule has 6 heteroatoms. The quantitative estimate of drug-likeness (QED) is 0.460. The summed E-state index contributed by atoms with van der Waals surface area (Å²) in [5, 5.41) is 8.57. The van der Waals surface area contributed by atoms with E-state index in [0.29, 0.717) is 11.3 Å². The number of fused-ring (bicyclic) bond motifs is 1. The van der Waals surface area contributed by atoms with Gasteiger partial charge in [-0.25, -0.2) is 14.1 Å². The van der Waals surface area contributed by atoms with Crippen LogP contribution in [0.2, 0.25) is 0 Å². The van der Waals surface area contributed by atoms with Crippen molar-refractivity contribution in [3.8, 4) is 16.9 Å². The summed E-state index contributed by atoms with van der Waals surface area (Å²) in [7, 11) is 0. The van der Waals surface area contributed by atoms with Gasteiger partial charge in [0.15, 0.2) is 0 Å². The molecule has 32 heavy (non-hydrogen) atoms. The van der Waals surface area contributed by atoms with Gasteiger partial charge in [-0.3, -0.25) is 4.79 Å². The number of pyridine rings is 1. The fourth-order valence-electron chi connectivity index (χ4n) is 4.51. The lowest BCUT2D eigenvalue weighted by molar-refractivity contribution is 0.0929. The molecule has 0 saturated heterocycles. The number of halogens is 1. The van der Waals surface area contributed by atoms with Crippen LogP contribution < -0.4 is 5.32 Å². The van der Waals surface area contributed by atoms with Gasteiger partial charge in [0.2, 0.25) is 0 Å². The second-order valence-corrected chi connectivity index (χ2v) is 8.41. The zero-order chi connectivity index (χ0) is 22.1. The van der Waals surface area contributed by atoms with Crippen molar-refractivity contribution in [2.45, 2.75) is 45.1 Å². The van der Waals surface area contributed by atoms with E-state index in [9.17, 15) is 9.18 Å². The third kappa shape index (κ3) is 3.88. The zero-order valence-corrected chi connectivity index (χ0v) is 18.0. The minimum Gasteiger partial charge on any atom is -0.349 e. The third-order valence-corrected chi connectivity index (χ3v) is 6.26. The predicted molar refractivity (Wildman–Crippen MR) is 123 cm³/mol. The SMILES string of the molecule is Cc1c(-c2cc(C(=O)NC3CCCCC3)c3ccccc3n2)cnn1-c1ccc(F)cc1. The summed E-state index contributed by atoms with van der Waals surface area (Å²) in [6, 6.07) is 16.0. The van der Waals surface area contributed by atoms with Gasteiger partial charge in [-0.15, -0.1) is 0 Å². The van der Waals surface area contributed by atoms with E-state index in [1.54, 1.807) is 23.0 Å². The van der Waals surface area contributed by atoms with Gasteiger partial charge < -0.3 is 5.32 Å². The topological polar surface area (TPSA) is 59.8 Å². The summed E-state index contributed by atoms with van der Waals surface area (Å²) in [6.45, 7) is 1.95. The molecule has 0 unspecified atom stereocenters. The molecule has 5 nitrogen and oxygen atoms in total. The standard InChI is InChI=1S/C26H25FN4O/c1-17-23(16-28-31(17)20-13-11-18(27)12-14-20)25-15-22(21-9-5-6-10-24(21)30-25)26(32)29-19-7-3-2-4-8-19/h5-6,9-16,19H,2-4,7-8H2,1H3,(H,29,32). The van der Waals surface area contributed by atoms with Crippen LogP contribution in [0.25, 0.3) is 27.8 Å². The van der Waals surface area contributed by atoms with Crippen LogP contribution in [-0.4, -0.2) is 26.7 Å². The monoisotopic (exact) mass is 428 g/mol. The highest BCUT2D eigenvalue weighted by Gasteiger charge is 2.20. The van der Waals surface area contributed by atoms with Crippen molar-refractivity contribution >= 4 is 16.8 Å². The number of carbonyl (C=O) groups excluding carboxylic acids is 1. The van der Waals surface area contributed by atoms with Gasteiger partial charge >= 0.3 is 0 Å². The van der Waals surface area contributed by atoms with Crippen LogP contribution in [0, 0.1) is 12.7 Å². The van der Waals surface area contributed by atoms with Crippen molar-refractivity contribution in [2.24, 2.45) is 0 Å². The van der Waals surface area contributed by atoms with E-state index >= 15 is 0 Å². The molecule has 1 saturated carbocycles. The molecule has 0 aliphatic heterocycles. The van der Waals surface area contributed by atoms with E-state index in [0.717, 1.165) is 53.5 Å². The molecule has 0 atom stereocenters. The highest BCUT2D eigenvalue weighted by molar-refractivity contribution is 6.07. The van der Waals surface area contributed by atoms with Gasteiger partial charge in [0.05, 0.1) is 34.4 Å². The molecule has 1 N–H and O–H groups in total. The number of benzene rings is 2. The van der Waals surface area contributed by atoms with E-state index in [2.05, 4.69) is 10.4 Å². The average molecular weight is 429 g/mol. The van der Waals surface area contributed by atoms with E-state index in [4.69, 9.17) is 4.98 Å². The average Bonchev–Trinajstić information content (AvgIpc) is 3.20. The van der Waals surface area contributed by atoms with Gasteiger partial charge in [-0.1, -0.05) is 37.5 Å². The largest absolute Gasteiger partial charge is 0.349 e. The number of rotatable bonds is 4. The summed E-state index contributed by atoms with van der Waals surface area (Å²) in [6.07, 6.45) is 7.38. The smallest absolute Gasteiger partial charge is 0.252 e. The first-order chi connectivity index (χ1) is 15.6. The summed E-state index contributed by atoms with van der Waals surface area (Å²) < 4.78 is 15.1. The predicted octanol–water partition coefficient (Wildman–Crippen LogP) is 5.60. The van der Waals surface area contributed by atoms with Gasteiger partial charge in [0, 0.05) is 17.0 Å². The van der Waals surface area contributed by atoms with E-state index in [-0.39, 0.29) is 17.8 Å². The Morgan fingerprint density at radius 2 is 1.81 bits per heavy atom. The second-order valence-electron chi connectivity index (χ2n) is 8.41. The number of nitrogens with zero attached hydrogens (tertiary/aromatic N) is 3. The van der Waals surface area contributed by atoms with Crippen molar-refractivity contribution < 1.29 is 9.18 Å². The molecule has 0 radical (unpaired) electrons. The lowest BCUT2D eigenvalue weighted by Gasteiger charge is -2.23. The molecule has 5 rings (SSSR count). The molecule has 1 aliphatic rings. The van der Waals surface area contributed by atoms with Crippen LogP contribution >= 0.6 is 0 Å². The minimum absolute atomic E-state index is 0.0553. The molecule has 1 amide bonds. The van der Waals surface area contributed by atoms with Gasteiger partial charge in [0.1, 0.15) is 5.82 Å². The Balaban J connectivity index is 1.55. The maximum Gasteiger partial charge on any atom is 0.252 e. The maximum atomic E-state index is 13.3. The van der Waals surface area contributed by atoms with Crippen molar-refractivity contribution in [2.75, 3.05) is 0 Å². The number of hydrogen-bond donors (Lipinski definition) is 1. The number of para-hydroxylation sites is 1. The number of hydrogen-bond acceptors (Lipinski definition) is 3. The molecule has 0 spiro atoms. The Morgan fingerprint density at radius 3 is 2.59 bits per heavy atom. The van der Waals surface area contributed by atoms with Crippen LogP contribution in [0.4, 0.5) is 4.39 Å².